The molecule has 154 valence electrons. The molecule has 1 fully saturated rings. The third kappa shape index (κ3) is 5.71. The van der Waals surface area contributed by atoms with Crippen LogP contribution in [0.25, 0.3) is 0 Å². The molecule has 0 atom stereocenters. The molecule has 0 aromatic heterocycles. The van der Waals surface area contributed by atoms with Crippen LogP contribution in [0, 0.1) is 0 Å². The molecule has 0 bridgehead atoms. The van der Waals surface area contributed by atoms with Gasteiger partial charge in [0.1, 0.15) is 0 Å². The standard InChI is InChI=1S/C22H35N5O/c23-20-25-21(24)27(22(26-20)16-10-6-11-17-22)28-18-12-4-2-1-3-7-13-19-14-8-5-9-15-19/h5,8-9,14-15H,1-4,6-7,10-13,16-18H2,(H4,23,24,25,26). The van der Waals surface area contributed by atoms with Crippen molar-refractivity contribution < 1.29 is 4.84 Å². The van der Waals surface area contributed by atoms with E-state index in [4.69, 9.17) is 16.3 Å². The predicted molar refractivity (Wildman–Crippen MR) is 115 cm³/mol. The summed E-state index contributed by atoms with van der Waals surface area (Å²) in [6, 6.07) is 10.7. The van der Waals surface area contributed by atoms with Crippen molar-refractivity contribution in [1.29, 1.82) is 0 Å². The summed E-state index contributed by atoms with van der Waals surface area (Å²) in [5.74, 6) is 0.616. The van der Waals surface area contributed by atoms with E-state index in [9.17, 15) is 0 Å². The van der Waals surface area contributed by atoms with Crippen molar-refractivity contribution in [3.63, 3.8) is 0 Å². The molecule has 3 rings (SSSR count). The van der Waals surface area contributed by atoms with Gasteiger partial charge in [0.15, 0.2) is 5.66 Å². The number of hydrogen-bond acceptors (Lipinski definition) is 6. The molecule has 6 heteroatoms. The number of nitrogens with two attached hydrogens (primary N) is 2. The molecular weight excluding hydrogens is 350 g/mol. The number of aryl methyl sites for hydroxylation is 1. The van der Waals surface area contributed by atoms with Crippen molar-refractivity contribution in [3.05, 3.63) is 35.9 Å². The van der Waals surface area contributed by atoms with Crippen molar-refractivity contribution in [2.75, 3.05) is 6.61 Å². The Hall–Kier alpha value is -2.08. The Morgan fingerprint density at radius 3 is 2.32 bits per heavy atom. The molecule has 1 aromatic carbocycles. The van der Waals surface area contributed by atoms with Crippen LogP contribution in [0.1, 0.15) is 76.2 Å². The number of hydrogen-bond donors (Lipinski definition) is 2. The van der Waals surface area contributed by atoms with Crippen LogP contribution in [0.4, 0.5) is 0 Å². The first-order valence-corrected chi connectivity index (χ1v) is 10.9. The van der Waals surface area contributed by atoms with Crippen LogP contribution >= 0.6 is 0 Å². The average Bonchev–Trinajstić information content (AvgIpc) is 2.69. The van der Waals surface area contributed by atoms with Gasteiger partial charge in [0.2, 0.25) is 11.9 Å². The van der Waals surface area contributed by atoms with Crippen LogP contribution in [0.2, 0.25) is 0 Å². The number of rotatable bonds is 10. The van der Waals surface area contributed by atoms with E-state index in [-0.39, 0.29) is 5.96 Å². The van der Waals surface area contributed by atoms with Gasteiger partial charge < -0.3 is 11.5 Å². The maximum absolute atomic E-state index is 6.11. The fourth-order valence-corrected chi connectivity index (χ4v) is 4.22. The lowest BCUT2D eigenvalue weighted by Gasteiger charge is -2.44. The molecule has 1 aliphatic heterocycles. The summed E-state index contributed by atoms with van der Waals surface area (Å²) >= 11 is 0. The summed E-state index contributed by atoms with van der Waals surface area (Å²) in [6.07, 6.45) is 13.8. The summed E-state index contributed by atoms with van der Waals surface area (Å²) in [5.41, 5.74) is 13.0. The first-order chi connectivity index (χ1) is 13.7. The largest absolute Gasteiger partial charge is 0.368 e. The third-order valence-electron chi connectivity index (χ3n) is 5.72. The molecule has 2 aliphatic rings. The topological polar surface area (TPSA) is 89.2 Å². The zero-order valence-electron chi connectivity index (χ0n) is 17.0. The van der Waals surface area contributed by atoms with Crippen molar-refractivity contribution in [3.8, 4) is 0 Å². The summed E-state index contributed by atoms with van der Waals surface area (Å²) in [5, 5.41) is 1.74. The van der Waals surface area contributed by atoms with Gasteiger partial charge in [0.25, 0.3) is 0 Å². The predicted octanol–water partition coefficient (Wildman–Crippen LogP) is 4.11. The quantitative estimate of drug-likeness (QED) is 0.593. The molecule has 0 amide bonds. The highest BCUT2D eigenvalue weighted by Crippen LogP contribution is 2.36. The van der Waals surface area contributed by atoms with E-state index in [0.29, 0.717) is 12.6 Å². The zero-order chi connectivity index (χ0) is 19.7. The number of unbranched alkanes of at least 4 members (excludes halogenated alkanes) is 5. The maximum atomic E-state index is 6.11. The van der Waals surface area contributed by atoms with Gasteiger partial charge in [-0.05, 0) is 50.5 Å². The molecule has 4 N–H and O–H groups in total. The van der Waals surface area contributed by atoms with Crippen LogP contribution < -0.4 is 11.5 Å². The van der Waals surface area contributed by atoms with Crippen LogP contribution in [-0.4, -0.2) is 29.3 Å². The molecular formula is C22H35N5O. The van der Waals surface area contributed by atoms with Crippen LogP contribution in [0.15, 0.2) is 40.3 Å². The van der Waals surface area contributed by atoms with E-state index >= 15 is 0 Å². The average molecular weight is 386 g/mol. The highest BCUT2D eigenvalue weighted by Gasteiger charge is 2.42. The smallest absolute Gasteiger partial charge is 0.226 e. The molecule has 6 nitrogen and oxygen atoms in total. The van der Waals surface area contributed by atoms with E-state index in [0.717, 1.165) is 32.1 Å². The number of hydroxylamine groups is 2. The summed E-state index contributed by atoms with van der Waals surface area (Å²) in [4.78, 5) is 14.8. The van der Waals surface area contributed by atoms with E-state index in [1.54, 1.807) is 5.06 Å². The second-order valence-corrected chi connectivity index (χ2v) is 7.97. The molecule has 1 heterocycles. The number of guanidine groups is 2. The van der Waals surface area contributed by atoms with Gasteiger partial charge in [-0.3, -0.25) is 4.84 Å². The fraction of sp³-hybridized carbons (Fsp3) is 0.636. The number of nitrogens with zero attached hydrogens (tertiary/aromatic N) is 3. The zero-order valence-corrected chi connectivity index (χ0v) is 17.0. The van der Waals surface area contributed by atoms with Crippen LogP contribution in [0.5, 0.6) is 0 Å². The van der Waals surface area contributed by atoms with Crippen LogP contribution in [0.3, 0.4) is 0 Å². The molecule has 0 radical (unpaired) electrons. The highest BCUT2D eigenvalue weighted by molar-refractivity contribution is 5.95. The normalized spacial score (nSPS) is 18.8. The fourth-order valence-electron chi connectivity index (χ4n) is 4.22. The van der Waals surface area contributed by atoms with Crippen LogP contribution in [-0.2, 0) is 11.3 Å². The second kappa shape index (κ2) is 10.5. The van der Waals surface area contributed by atoms with Gasteiger partial charge >= 0.3 is 0 Å². The lowest BCUT2D eigenvalue weighted by Crippen LogP contribution is -2.57. The number of aliphatic imine (C=N–C) groups is 2. The molecule has 28 heavy (non-hydrogen) atoms. The van der Waals surface area contributed by atoms with E-state index in [1.165, 1.54) is 50.5 Å². The minimum absolute atomic E-state index is 0.273. The lowest BCUT2D eigenvalue weighted by molar-refractivity contribution is -0.177. The van der Waals surface area contributed by atoms with E-state index in [1.807, 2.05) is 0 Å². The summed E-state index contributed by atoms with van der Waals surface area (Å²) in [6.45, 7) is 0.650. The van der Waals surface area contributed by atoms with E-state index in [2.05, 4.69) is 40.3 Å². The molecule has 1 aromatic rings. The monoisotopic (exact) mass is 385 g/mol. The SMILES string of the molecule is NC1=NC2(CCCCC2)N(OCCCCCCCCc2ccccc2)C(N)=N1. The Kier molecular flexibility index (Phi) is 7.71. The van der Waals surface area contributed by atoms with Crippen molar-refractivity contribution in [2.24, 2.45) is 21.5 Å². The van der Waals surface area contributed by atoms with Crippen molar-refractivity contribution in [1.82, 2.24) is 5.06 Å². The van der Waals surface area contributed by atoms with Crippen molar-refractivity contribution >= 4 is 11.9 Å². The number of benzene rings is 1. The Morgan fingerprint density at radius 1 is 0.893 bits per heavy atom. The second-order valence-electron chi connectivity index (χ2n) is 7.97. The van der Waals surface area contributed by atoms with Gasteiger partial charge in [0.05, 0.1) is 6.61 Å². The van der Waals surface area contributed by atoms with Gasteiger partial charge in [-0.25, -0.2) is 4.99 Å². The molecule has 1 spiro atoms. The first kappa shape index (κ1) is 20.6. The Labute approximate surface area is 169 Å². The minimum Gasteiger partial charge on any atom is -0.368 e. The minimum atomic E-state index is -0.439. The Bertz CT molecular complexity index is 652. The summed E-state index contributed by atoms with van der Waals surface area (Å²) in [7, 11) is 0. The van der Waals surface area contributed by atoms with Crippen molar-refractivity contribution in [2.45, 2.75) is 82.7 Å². The van der Waals surface area contributed by atoms with Gasteiger partial charge in [-0.2, -0.15) is 10.1 Å². The Morgan fingerprint density at radius 2 is 1.57 bits per heavy atom. The molecule has 0 unspecified atom stereocenters. The van der Waals surface area contributed by atoms with E-state index < -0.39 is 5.66 Å². The maximum Gasteiger partial charge on any atom is 0.226 e. The molecule has 0 saturated heterocycles. The highest BCUT2D eigenvalue weighted by atomic mass is 16.7. The molecule has 1 aliphatic carbocycles. The Balaban J connectivity index is 1.30. The third-order valence-corrected chi connectivity index (χ3v) is 5.72. The van der Waals surface area contributed by atoms with Gasteiger partial charge in [-0.1, -0.05) is 62.4 Å². The lowest BCUT2D eigenvalue weighted by atomic mass is 9.89. The first-order valence-electron chi connectivity index (χ1n) is 10.9. The molecule has 1 saturated carbocycles. The van der Waals surface area contributed by atoms with Gasteiger partial charge in [0, 0.05) is 0 Å². The van der Waals surface area contributed by atoms with Gasteiger partial charge in [-0.15, -0.1) is 0 Å². The summed E-state index contributed by atoms with van der Waals surface area (Å²) < 4.78 is 0.